The standard InChI is InChI=1S/C26H20Cl4N4O2/c27-18-4-2-17(3-5-18)26(35)33-10-9-20(13-33)34-14-24(31-32-34)21-12-19(28)6-8-25(21)36-15-16-1-7-22(29)23(30)11-16/h1-8,11-12,14,20H,9-10,13,15H2. The van der Waals surface area contributed by atoms with E-state index in [9.17, 15) is 4.79 Å². The summed E-state index contributed by atoms with van der Waals surface area (Å²) in [6, 6.07) is 17.7. The SMILES string of the molecule is O=C(c1ccc(Cl)cc1)N1CCC(n2cc(-c3cc(Cl)ccc3OCc3ccc(Cl)c(Cl)c3)nn2)C1. The first-order valence-corrected chi connectivity index (χ1v) is 12.7. The first-order chi connectivity index (χ1) is 17.4. The number of rotatable bonds is 6. The molecule has 1 aromatic heterocycles. The minimum absolute atomic E-state index is 0.0160. The zero-order valence-corrected chi connectivity index (χ0v) is 21.9. The van der Waals surface area contributed by atoms with Gasteiger partial charge in [-0.1, -0.05) is 57.7 Å². The van der Waals surface area contributed by atoms with Crippen LogP contribution in [-0.4, -0.2) is 38.9 Å². The predicted octanol–water partition coefficient (Wildman–Crippen LogP) is 7.22. The summed E-state index contributed by atoms with van der Waals surface area (Å²) in [7, 11) is 0. The maximum Gasteiger partial charge on any atom is 0.253 e. The van der Waals surface area contributed by atoms with Crippen LogP contribution in [0.4, 0.5) is 0 Å². The second-order valence-electron chi connectivity index (χ2n) is 8.46. The Balaban J connectivity index is 1.30. The molecule has 1 saturated heterocycles. The predicted molar refractivity (Wildman–Crippen MR) is 142 cm³/mol. The Hall–Kier alpha value is -2.77. The molecule has 1 amide bonds. The molecule has 0 aliphatic carbocycles. The molecule has 3 aromatic carbocycles. The summed E-state index contributed by atoms with van der Waals surface area (Å²) < 4.78 is 7.87. The van der Waals surface area contributed by atoms with Crippen LogP contribution in [0.1, 0.15) is 28.4 Å². The molecule has 184 valence electrons. The molecule has 1 fully saturated rings. The summed E-state index contributed by atoms with van der Waals surface area (Å²) in [6.07, 6.45) is 2.64. The van der Waals surface area contributed by atoms with Crippen molar-refractivity contribution in [3.8, 4) is 17.0 Å². The average Bonchev–Trinajstić information content (AvgIpc) is 3.55. The van der Waals surface area contributed by atoms with Gasteiger partial charge in [0, 0.05) is 34.3 Å². The van der Waals surface area contributed by atoms with Crippen LogP contribution in [0.15, 0.2) is 66.9 Å². The smallest absolute Gasteiger partial charge is 0.253 e. The molecule has 1 aliphatic rings. The van der Waals surface area contributed by atoms with Crippen molar-refractivity contribution in [3.05, 3.63) is 98.1 Å². The second kappa shape index (κ2) is 10.7. The lowest BCUT2D eigenvalue weighted by Gasteiger charge is -2.16. The molecule has 4 aromatic rings. The number of halogens is 4. The highest BCUT2D eigenvalue weighted by Crippen LogP contribution is 2.33. The summed E-state index contributed by atoms with van der Waals surface area (Å²) in [5, 5.41) is 10.8. The van der Waals surface area contributed by atoms with Gasteiger partial charge in [-0.25, -0.2) is 4.68 Å². The monoisotopic (exact) mass is 560 g/mol. The number of hydrogen-bond donors (Lipinski definition) is 0. The van der Waals surface area contributed by atoms with Gasteiger partial charge in [-0.2, -0.15) is 0 Å². The molecule has 0 radical (unpaired) electrons. The van der Waals surface area contributed by atoms with Crippen LogP contribution in [-0.2, 0) is 6.61 Å². The van der Waals surface area contributed by atoms with E-state index in [1.807, 2.05) is 17.2 Å². The maximum absolute atomic E-state index is 12.9. The van der Waals surface area contributed by atoms with Crippen LogP contribution in [0.3, 0.4) is 0 Å². The molecule has 0 spiro atoms. The van der Waals surface area contributed by atoms with E-state index >= 15 is 0 Å². The molecule has 1 unspecified atom stereocenters. The van der Waals surface area contributed by atoms with Crippen LogP contribution in [0.25, 0.3) is 11.3 Å². The van der Waals surface area contributed by atoms with E-state index in [-0.39, 0.29) is 11.9 Å². The molecule has 0 N–H and O–H groups in total. The van der Waals surface area contributed by atoms with Gasteiger partial charge < -0.3 is 9.64 Å². The molecular weight excluding hydrogens is 542 g/mol. The van der Waals surface area contributed by atoms with Gasteiger partial charge in [0.25, 0.3) is 5.91 Å². The average molecular weight is 562 g/mol. The number of nitrogens with zero attached hydrogens (tertiary/aromatic N) is 4. The quantitative estimate of drug-likeness (QED) is 0.249. The van der Waals surface area contributed by atoms with Crippen molar-refractivity contribution in [2.24, 2.45) is 0 Å². The summed E-state index contributed by atoms with van der Waals surface area (Å²) in [4.78, 5) is 14.7. The lowest BCUT2D eigenvalue weighted by molar-refractivity contribution is 0.0787. The highest BCUT2D eigenvalue weighted by molar-refractivity contribution is 6.42. The largest absolute Gasteiger partial charge is 0.488 e. The zero-order valence-electron chi connectivity index (χ0n) is 18.9. The van der Waals surface area contributed by atoms with E-state index in [1.165, 1.54) is 0 Å². The van der Waals surface area contributed by atoms with Crippen molar-refractivity contribution in [3.63, 3.8) is 0 Å². The normalized spacial score (nSPS) is 15.3. The number of carbonyl (C=O) groups is 1. The van der Waals surface area contributed by atoms with Gasteiger partial charge in [-0.3, -0.25) is 4.79 Å². The second-order valence-corrected chi connectivity index (χ2v) is 10.1. The van der Waals surface area contributed by atoms with Crippen molar-refractivity contribution >= 4 is 52.3 Å². The lowest BCUT2D eigenvalue weighted by atomic mass is 10.1. The third-order valence-corrected chi connectivity index (χ3v) is 7.25. The van der Waals surface area contributed by atoms with Crippen molar-refractivity contribution in [1.82, 2.24) is 19.9 Å². The Morgan fingerprint density at radius 3 is 2.50 bits per heavy atom. The van der Waals surface area contributed by atoms with Gasteiger partial charge in [0.2, 0.25) is 0 Å². The fourth-order valence-corrected chi connectivity index (χ4v) is 4.73. The zero-order chi connectivity index (χ0) is 25.2. The molecule has 36 heavy (non-hydrogen) atoms. The Bertz CT molecular complexity index is 1410. The first-order valence-electron chi connectivity index (χ1n) is 11.2. The summed E-state index contributed by atoms with van der Waals surface area (Å²) in [5.41, 5.74) is 2.84. The minimum atomic E-state index is -0.0256. The Kier molecular flexibility index (Phi) is 7.39. The number of hydrogen-bond acceptors (Lipinski definition) is 4. The molecule has 1 aliphatic heterocycles. The van der Waals surface area contributed by atoms with Gasteiger partial charge in [-0.15, -0.1) is 5.10 Å². The van der Waals surface area contributed by atoms with Crippen LogP contribution in [0, 0.1) is 0 Å². The molecule has 6 nitrogen and oxygen atoms in total. The number of benzene rings is 3. The van der Waals surface area contributed by atoms with Crippen molar-refractivity contribution in [2.75, 3.05) is 13.1 Å². The van der Waals surface area contributed by atoms with Crippen molar-refractivity contribution < 1.29 is 9.53 Å². The van der Waals surface area contributed by atoms with E-state index < -0.39 is 0 Å². The number of carbonyl (C=O) groups excluding carboxylic acids is 1. The molecule has 0 bridgehead atoms. The number of likely N-dealkylation sites (tertiary alicyclic amines) is 1. The van der Waals surface area contributed by atoms with Gasteiger partial charge in [0.05, 0.1) is 22.3 Å². The molecule has 1 atom stereocenters. The Morgan fingerprint density at radius 2 is 1.72 bits per heavy atom. The van der Waals surface area contributed by atoms with E-state index in [4.69, 9.17) is 51.1 Å². The van der Waals surface area contributed by atoms with Crippen molar-refractivity contribution in [1.29, 1.82) is 0 Å². The highest BCUT2D eigenvalue weighted by Gasteiger charge is 2.29. The summed E-state index contributed by atoms with van der Waals surface area (Å²) >= 11 is 24.4. The van der Waals surface area contributed by atoms with Crippen LogP contribution in [0.2, 0.25) is 20.1 Å². The topological polar surface area (TPSA) is 60.2 Å². The Labute approximate surface area is 228 Å². The fraction of sp³-hybridized carbons (Fsp3) is 0.192. The third-order valence-electron chi connectivity index (χ3n) is 6.02. The molecular formula is C26H20Cl4N4O2. The van der Waals surface area contributed by atoms with Gasteiger partial charge in [-0.05, 0) is 66.6 Å². The number of aromatic nitrogens is 3. The third kappa shape index (κ3) is 5.47. The number of amides is 1. The minimum Gasteiger partial charge on any atom is -0.488 e. The van der Waals surface area contributed by atoms with Gasteiger partial charge in [0.1, 0.15) is 18.1 Å². The summed E-state index contributed by atoms with van der Waals surface area (Å²) in [6.45, 7) is 1.47. The molecule has 10 heteroatoms. The van der Waals surface area contributed by atoms with Crippen LogP contribution < -0.4 is 4.74 Å². The molecule has 0 saturated carbocycles. The van der Waals surface area contributed by atoms with Crippen LogP contribution >= 0.6 is 46.4 Å². The van der Waals surface area contributed by atoms with Crippen LogP contribution in [0.5, 0.6) is 5.75 Å². The molecule has 5 rings (SSSR count). The van der Waals surface area contributed by atoms with E-state index in [1.54, 1.807) is 59.3 Å². The fourth-order valence-electron chi connectivity index (χ4n) is 4.11. The highest BCUT2D eigenvalue weighted by atomic mass is 35.5. The summed E-state index contributed by atoms with van der Waals surface area (Å²) in [5.74, 6) is 0.589. The lowest BCUT2D eigenvalue weighted by Crippen LogP contribution is -2.29. The van der Waals surface area contributed by atoms with Gasteiger partial charge in [0.15, 0.2) is 0 Å². The van der Waals surface area contributed by atoms with E-state index in [2.05, 4.69) is 10.3 Å². The van der Waals surface area contributed by atoms with E-state index in [0.29, 0.717) is 56.8 Å². The van der Waals surface area contributed by atoms with E-state index in [0.717, 1.165) is 17.5 Å². The van der Waals surface area contributed by atoms with Gasteiger partial charge >= 0.3 is 0 Å². The molecule has 2 heterocycles. The maximum atomic E-state index is 12.9. The first kappa shape index (κ1) is 24.9. The Morgan fingerprint density at radius 1 is 0.944 bits per heavy atom. The number of ether oxygens (including phenoxy) is 1. The van der Waals surface area contributed by atoms with Crippen molar-refractivity contribution in [2.45, 2.75) is 19.1 Å².